The van der Waals surface area contributed by atoms with E-state index in [4.69, 9.17) is 16.6 Å². The van der Waals surface area contributed by atoms with Crippen molar-refractivity contribution in [2.24, 2.45) is 0 Å². The maximum absolute atomic E-state index is 12.0. The third-order valence-corrected chi connectivity index (χ3v) is 5.07. The molecular weight excluding hydrogens is 348 g/mol. The van der Waals surface area contributed by atoms with Gasteiger partial charge < -0.3 is 4.42 Å². The predicted octanol–water partition coefficient (Wildman–Crippen LogP) is 3.99. The topological polar surface area (TPSA) is 76.6 Å². The van der Waals surface area contributed by atoms with Crippen LogP contribution in [0.3, 0.4) is 0 Å². The first-order valence-electron chi connectivity index (χ1n) is 6.93. The number of rotatable bonds is 3. The number of nitrogens with zero attached hydrogens (tertiary/aromatic N) is 2. The lowest BCUT2D eigenvalue weighted by Gasteiger charge is -2.03. The maximum atomic E-state index is 12.0. The molecule has 2 aromatic rings. The molecule has 0 saturated carbocycles. The summed E-state index contributed by atoms with van der Waals surface area (Å²) in [6.45, 7) is 1.85. The van der Waals surface area contributed by atoms with Crippen molar-refractivity contribution in [1.82, 2.24) is 4.90 Å². The number of likely N-dealkylation sites (N-methyl/N-ethyl adjacent to an activating group) is 1. The molecule has 0 atom stereocenters. The lowest BCUT2D eigenvalue weighted by Crippen LogP contribution is -2.22. The van der Waals surface area contributed by atoms with Gasteiger partial charge in [0.05, 0.1) is 9.83 Å². The molecule has 6 nitrogen and oxygen atoms in total. The summed E-state index contributed by atoms with van der Waals surface area (Å²) in [6.07, 6.45) is 1.62. The fraction of sp³-hybridized carbons (Fsp3) is 0.125. The molecule has 0 bridgehead atoms. The highest BCUT2D eigenvalue weighted by Crippen LogP contribution is 2.33. The smallest absolute Gasteiger partial charge is 0.270 e. The fourth-order valence-electron chi connectivity index (χ4n) is 2.24. The van der Waals surface area contributed by atoms with Gasteiger partial charge in [0.1, 0.15) is 15.8 Å². The summed E-state index contributed by atoms with van der Waals surface area (Å²) >= 11 is 6.29. The van der Waals surface area contributed by atoms with Gasteiger partial charge in [0, 0.05) is 30.8 Å². The molecule has 8 heteroatoms. The number of thiocarbonyl (C=S) groups is 1. The fourth-order valence-corrected chi connectivity index (χ4v) is 3.40. The molecule has 1 amide bonds. The van der Waals surface area contributed by atoms with Crippen molar-refractivity contribution in [3.8, 4) is 11.3 Å². The number of hydrogen-bond acceptors (Lipinski definition) is 6. The predicted molar refractivity (Wildman–Crippen MR) is 96.5 cm³/mol. The number of non-ortho nitro benzene ring substituents is 1. The first-order chi connectivity index (χ1) is 11.4. The summed E-state index contributed by atoms with van der Waals surface area (Å²) in [4.78, 5) is 24.4. The third-order valence-electron chi connectivity index (χ3n) is 3.58. The van der Waals surface area contributed by atoms with Crippen LogP contribution in [0, 0.1) is 17.0 Å². The normalized spacial score (nSPS) is 16.2. The summed E-state index contributed by atoms with van der Waals surface area (Å²) in [5, 5.41) is 10.9. The van der Waals surface area contributed by atoms with Gasteiger partial charge in [-0.15, -0.1) is 0 Å². The maximum Gasteiger partial charge on any atom is 0.270 e. The monoisotopic (exact) mass is 360 g/mol. The summed E-state index contributed by atoms with van der Waals surface area (Å²) in [7, 11) is 1.62. The molecular formula is C16H12N2O4S2. The lowest BCUT2D eigenvalue weighted by molar-refractivity contribution is -0.384. The highest BCUT2D eigenvalue weighted by Gasteiger charge is 2.29. The Labute approximate surface area is 147 Å². The van der Waals surface area contributed by atoms with Crippen LogP contribution in [0.15, 0.2) is 39.7 Å². The molecule has 1 aliphatic rings. The van der Waals surface area contributed by atoms with Crippen LogP contribution in [0.5, 0.6) is 0 Å². The first-order valence-corrected chi connectivity index (χ1v) is 8.16. The molecule has 0 unspecified atom stereocenters. The summed E-state index contributed by atoms with van der Waals surface area (Å²) in [6, 6.07) is 8.05. The van der Waals surface area contributed by atoms with Crippen molar-refractivity contribution in [1.29, 1.82) is 0 Å². The number of hydrogen-bond donors (Lipinski definition) is 0. The molecule has 3 rings (SSSR count). The van der Waals surface area contributed by atoms with E-state index in [1.165, 1.54) is 28.8 Å². The van der Waals surface area contributed by atoms with E-state index in [2.05, 4.69) is 0 Å². The van der Waals surface area contributed by atoms with E-state index in [0.717, 1.165) is 5.56 Å². The molecule has 24 heavy (non-hydrogen) atoms. The van der Waals surface area contributed by atoms with Crippen LogP contribution >= 0.6 is 24.0 Å². The molecule has 0 N–H and O–H groups in total. The minimum absolute atomic E-state index is 0.000374. The highest BCUT2D eigenvalue weighted by molar-refractivity contribution is 8.26. The first kappa shape index (κ1) is 16.4. The third kappa shape index (κ3) is 2.98. The zero-order valence-electron chi connectivity index (χ0n) is 12.8. The average molecular weight is 360 g/mol. The Morgan fingerprint density at radius 3 is 2.71 bits per heavy atom. The molecule has 1 fully saturated rings. The van der Waals surface area contributed by atoms with Crippen LogP contribution in [-0.4, -0.2) is 27.1 Å². The Kier molecular flexibility index (Phi) is 4.25. The minimum atomic E-state index is -0.445. The average Bonchev–Trinajstić information content (AvgIpc) is 3.09. The van der Waals surface area contributed by atoms with Crippen LogP contribution < -0.4 is 0 Å². The number of furan rings is 1. The van der Waals surface area contributed by atoms with Crippen LogP contribution in [0.1, 0.15) is 11.3 Å². The van der Waals surface area contributed by atoms with Crippen LogP contribution in [0.4, 0.5) is 5.69 Å². The molecule has 2 heterocycles. The standard InChI is InChI=1S/C16H12N2O4S2/c1-9-3-4-10(18(20)21)7-12(9)13-6-5-11(22-13)8-14-15(19)17(2)16(23)24-14/h3-8H,1-2H3/b14-8-. The Balaban J connectivity index is 1.95. The Hall–Kier alpha value is -2.45. The summed E-state index contributed by atoms with van der Waals surface area (Å²) in [5.74, 6) is 0.828. The van der Waals surface area contributed by atoms with E-state index in [1.807, 2.05) is 6.92 Å². The number of aryl methyl sites for hydroxylation is 1. The molecule has 0 radical (unpaired) electrons. The van der Waals surface area contributed by atoms with Crippen LogP contribution in [0.2, 0.25) is 0 Å². The largest absolute Gasteiger partial charge is 0.457 e. The number of thioether (sulfide) groups is 1. The number of nitro benzene ring substituents is 1. The SMILES string of the molecule is Cc1ccc([N+](=O)[O-])cc1-c1ccc(/C=C2\SC(=S)N(C)C2=O)o1. The zero-order valence-corrected chi connectivity index (χ0v) is 14.4. The second-order valence-corrected chi connectivity index (χ2v) is 6.87. The van der Waals surface area contributed by atoms with Crippen molar-refractivity contribution in [2.75, 3.05) is 7.05 Å². The van der Waals surface area contributed by atoms with Crippen molar-refractivity contribution >= 4 is 46.0 Å². The van der Waals surface area contributed by atoms with Gasteiger partial charge >= 0.3 is 0 Å². The Morgan fingerprint density at radius 1 is 1.33 bits per heavy atom. The molecule has 0 aliphatic carbocycles. The van der Waals surface area contributed by atoms with Gasteiger partial charge in [-0.1, -0.05) is 30.0 Å². The molecule has 1 aromatic heterocycles. The van der Waals surface area contributed by atoms with Crippen LogP contribution in [-0.2, 0) is 4.79 Å². The number of amides is 1. The molecule has 1 aromatic carbocycles. The quantitative estimate of drug-likeness (QED) is 0.356. The van der Waals surface area contributed by atoms with E-state index in [-0.39, 0.29) is 11.6 Å². The van der Waals surface area contributed by atoms with E-state index < -0.39 is 4.92 Å². The Morgan fingerprint density at radius 2 is 2.08 bits per heavy atom. The minimum Gasteiger partial charge on any atom is -0.457 e. The second-order valence-electron chi connectivity index (χ2n) is 5.20. The molecule has 1 aliphatic heterocycles. The second kappa shape index (κ2) is 6.21. The van der Waals surface area contributed by atoms with Gasteiger partial charge in [0.2, 0.25) is 0 Å². The molecule has 122 valence electrons. The summed E-state index contributed by atoms with van der Waals surface area (Å²) < 4.78 is 6.23. The molecule has 0 spiro atoms. The number of carbonyl (C=O) groups excluding carboxylic acids is 1. The van der Waals surface area contributed by atoms with E-state index in [0.29, 0.717) is 26.3 Å². The van der Waals surface area contributed by atoms with Gasteiger partial charge in [-0.3, -0.25) is 19.8 Å². The van der Waals surface area contributed by atoms with Crippen molar-refractivity contribution in [3.05, 3.63) is 56.7 Å². The van der Waals surface area contributed by atoms with Crippen molar-refractivity contribution < 1.29 is 14.1 Å². The van der Waals surface area contributed by atoms with Crippen molar-refractivity contribution in [2.45, 2.75) is 6.92 Å². The van der Waals surface area contributed by atoms with E-state index in [9.17, 15) is 14.9 Å². The van der Waals surface area contributed by atoms with Gasteiger partial charge in [-0.2, -0.15) is 0 Å². The number of benzene rings is 1. The van der Waals surface area contributed by atoms with Gasteiger partial charge in [0.25, 0.3) is 11.6 Å². The van der Waals surface area contributed by atoms with Gasteiger partial charge in [-0.25, -0.2) is 0 Å². The highest BCUT2D eigenvalue weighted by atomic mass is 32.2. The van der Waals surface area contributed by atoms with Crippen LogP contribution in [0.25, 0.3) is 17.4 Å². The van der Waals surface area contributed by atoms with Crippen molar-refractivity contribution in [3.63, 3.8) is 0 Å². The van der Waals surface area contributed by atoms with Gasteiger partial charge in [0.15, 0.2) is 0 Å². The van der Waals surface area contributed by atoms with E-state index in [1.54, 1.807) is 31.3 Å². The summed E-state index contributed by atoms with van der Waals surface area (Å²) in [5.41, 5.74) is 1.51. The molecule has 1 saturated heterocycles. The zero-order chi connectivity index (χ0) is 17.4. The van der Waals surface area contributed by atoms with E-state index >= 15 is 0 Å². The Bertz CT molecular complexity index is 901. The number of nitro groups is 1. The number of carbonyl (C=O) groups is 1. The van der Waals surface area contributed by atoms with Gasteiger partial charge in [-0.05, 0) is 24.6 Å². The lowest BCUT2D eigenvalue weighted by atomic mass is 10.1.